The highest BCUT2D eigenvalue weighted by Crippen LogP contribution is 2.13. The molecule has 0 spiro atoms. The van der Waals surface area contributed by atoms with E-state index in [-0.39, 0.29) is 29.8 Å². The molecule has 0 bridgehead atoms. The van der Waals surface area contributed by atoms with Gasteiger partial charge in [-0.1, -0.05) is 76.1 Å². The van der Waals surface area contributed by atoms with Crippen molar-refractivity contribution in [3.8, 4) is 0 Å². The van der Waals surface area contributed by atoms with Gasteiger partial charge in [-0.25, -0.2) is 0 Å². The van der Waals surface area contributed by atoms with E-state index >= 15 is 0 Å². The fraction of sp³-hybridized carbons (Fsp3) is 0.615. The zero-order valence-corrected chi connectivity index (χ0v) is 21.4. The highest BCUT2D eigenvalue weighted by Gasteiger charge is 2.34. The van der Waals surface area contributed by atoms with Crippen molar-refractivity contribution in [3.63, 3.8) is 0 Å². The standard InChI is InChI=1S/C26H39N3O4S/c1-3-4-5-6-7-8-9-12-17-33-24(31)19-22-25(32)27-15-16-29(22)26(34)28-23(30)18-21-14-11-10-13-20(21)2/h10-11,13-14,22H,3-9,12,15-19H2,1-2H3,(H,27,32)(H,28,30,34). The van der Waals surface area contributed by atoms with Gasteiger partial charge in [0, 0.05) is 13.1 Å². The van der Waals surface area contributed by atoms with Crippen molar-refractivity contribution in [2.24, 2.45) is 0 Å². The zero-order valence-electron chi connectivity index (χ0n) is 20.6. The fourth-order valence-electron chi connectivity index (χ4n) is 4.02. The Morgan fingerprint density at radius 2 is 1.79 bits per heavy atom. The number of esters is 1. The molecule has 34 heavy (non-hydrogen) atoms. The predicted octanol–water partition coefficient (Wildman–Crippen LogP) is 3.81. The average Bonchev–Trinajstić information content (AvgIpc) is 2.80. The lowest BCUT2D eigenvalue weighted by Crippen LogP contribution is -2.60. The Kier molecular flexibility index (Phi) is 12.6. The van der Waals surface area contributed by atoms with Crippen molar-refractivity contribution in [1.82, 2.24) is 15.5 Å². The Morgan fingerprint density at radius 3 is 2.50 bits per heavy atom. The second-order valence-corrected chi connectivity index (χ2v) is 9.24. The maximum absolute atomic E-state index is 12.5. The third-order valence-corrected chi connectivity index (χ3v) is 6.41. The lowest BCUT2D eigenvalue weighted by atomic mass is 10.1. The largest absolute Gasteiger partial charge is 0.466 e. The van der Waals surface area contributed by atoms with E-state index in [1.165, 1.54) is 32.1 Å². The van der Waals surface area contributed by atoms with Crippen LogP contribution >= 0.6 is 12.2 Å². The van der Waals surface area contributed by atoms with E-state index in [2.05, 4.69) is 17.6 Å². The van der Waals surface area contributed by atoms with E-state index in [4.69, 9.17) is 17.0 Å². The minimum Gasteiger partial charge on any atom is -0.466 e. The van der Waals surface area contributed by atoms with E-state index in [1.807, 2.05) is 31.2 Å². The Hall–Kier alpha value is -2.48. The molecule has 1 aromatic carbocycles. The summed E-state index contributed by atoms with van der Waals surface area (Å²) in [7, 11) is 0. The number of benzene rings is 1. The number of hydrogen-bond donors (Lipinski definition) is 2. The van der Waals surface area contributed by atoms with Gasteiger partial charge in [-0.3, -0.25) is 14.4 Å². The number of ether oxygens (including phenoxy) is 1. The monoisotopic (exact) mass is 489 g/mol. The first-order valence-corrected chi connectivity index (χ1v) is 12.9. The van der Waals surface area contributed by atoms with E-state index in [9.17, 15) is 14.4 Å². The molecule has 1 aliphatic heterocycles. The number of carbonyl (C=O) groups excluding carboxylic acids is 3. The molecule has 1 saturated heterocycles. The maximum Gasteiger partial charge on any atom is 0.308 e. The lowest BCUT2D eigenvalue weighted by Gasteiger charge is -2.36. The van der Waals surface area contributed by atoms with Gasteiger partial charge in [0.05, 0.1) is 19.4 Å². The summed E-state index contributed by atoms with van der Waals surface area (Å²) in [5.74, 6) is -0.962. The van der Waals surface area contributed by atoms with E-state index in [1.54, 1.807) is 4.90 Å². The van der Waals surface area contributed by atoms with Gasteiger partial charge in [0.25, 0.3) is 0 Å². The molecule has 8 heteroatoms. The fourth-order valence-corrected chi connectivity index (χ4v) is 4.35. The van der Waals surface area contributed by atoms with Gasteiger partial charge in [-0.2, -0.15) is 0 Å². The molecular weight excluding hydrogens is 450 g/mol. The molecule has 0 aliphatic carbocycles. The summed E-state index contributed by atoms with van der Waals surface area (Å²) in [5.41, 5.74) is 1.94. The van der Waals surface area contributed by atoms with Crippen molar-refractivity contribution in [1.29, 1.82) is 0 Å². The number of rotatable bonds is 13. The summed E-state index contributed by atoms with van der Waals surface area (Å²) in [5, 5.41) is 5.65. The van der Waals surface area contributed by atoms with E-state index in [0.29, 0.717) is 19.7 Å². The quantitative estimate of drug-likeness (QED) is 0.249. The second-order valence-electron chi connectivity index (χ2n) is 8.86. The molecule has 1 atom stereocenters. The summed E-state index contributed by atoms with van der Waals surface area (Å²) in [4.78, 5) is 39.0. The minimum atomic E-state index is -0.786. The van der Waals surface area contributed by atoms with Crippen LogP contribution in [-0.2, 0) is 25.5 Å². The molecule has 1 unspecified atom stereocenters. The third-order valence-electron chi connectivity index (χ3n) is 6.07. The maximum atomic E-state index is 12.5. The van der Waals surface area contributed by atoms with Gasteiger partial charge in [0.1, 0.15) is 6.04 Å². The number of carbonyl (C=O) groups is 3. The number of hydrogen-bond acceptors (Lipinski definition) is 5. The highest BCUT2D eigenvalue weighted by atomic mass is 32.1. The first kappa shape index (κ1) is 27.8. The molecule has 1 aromatic rings. The number of nitrogens with one attached hydrogen (secondary N) is 2. The first-order chi connectivity index (χ1) is 16.4. The van der Waals surface area contributed by atoms with Gasteiger partial charge in [0.15, 0.2) is 5.11 Å². The van der Waals surface area contributed by atoms with Crippen molar-refractivity contribution in [2.75, 3.05) is 19.7 Å². The topological polar surface area (TPSA) is 87.7 Å². The van der Waals surface area contributed by atoms with E-state index < -0.39 is 12.0 Å². The molecule has 188 valence electrons. The molecule has 0 saturated carbocycles. The lowest BCUT2D eigenvalue weighted by molar-refractivity contribution is -0.147. The van der Waals surface area contributed by atoms with Crippen LogP contribution < -0.4 is 10.6 Å². The Balaban J connectivity index is 1.76. The molecular formula is C26H39N3O4S. The van der Waals surface area contributed by atoms with E-state index in [0.717, 1.165) is 30.4 Å². The van der Waals surface area contributed by atoms with Crippen LogP contribution in [-0.4, -0.2) is 53.5 Å². The average molecular weight is 490 g/mol. The van der Waals surface area contributed by atoms with Crippen LogP contribution in [0.2, 0.25) is 0 Å². The van der Waals surface area contributed by atoms with Crippen molar-refractivity contribution < 1.29 is 19.1 Å². The number of nitrogens with zero attached hydrogens (tertiary/aromatic N) is 1. The van der Waals surface area contributed by atoms with Crippen LogP contribution in [0.3, 0.4) is 0 Å². The van der Waals surface area contributed by atoms with Crippen molar-refractivity contribution in [3.05, 3.63) is 35.4 Å². The van der Waals surface area contributed by atoms with Gasteiger partial charge in [-0.05, 0) is 36.7 Å². The molecule has 1 fully saturated rings. The predicted molar refractivity (Wildman–Crippen MR) is 137 cm³/mol. The Bertz CT molecular complexity index is 830. The number of amides is 2. The molecule has 1 heterocycles. The Morgan fingerprint density at radius 1 is 1.12 bits per heavy atom. The highest BCUT2D eigenvalue weighted by molar-refractivity contribution is 7.80. The van der Waals surface area contributed by atoms with Crippen molar-refractivity contribution >= 4 is 35.1 Å². The molecule has 0 radical (unpaired) electrons. The van der Waals surface area contributed by atoms with Gasteiger partial charge in [-0.15, -0.1) is 0 Å². The summed E-state index contributed by atoms with van der Waals surface area (Å²) in [6.45, 7) is 5.34. The summed E-state index contributed by atoms with van der Waals surface area (Å²) in [6.07, 6.45) is 9.42. The Labute approximate surface area is 209 Å². The first-order valence-electron chi connectivity index (χ1n) is 12.5. The van der Waals surface area contributed by atoms with Crippen LogP contribution in [0.15, 0.2) is 24.3 Å². The van der Waals surface area contributed by atoms with Gasteiger partial charge < -0.3 is 20.3 Å². The van der Waals surface area contributed by atoms with Crippen LogP contribution in [0.1, 0.15) is 75.8 Å². The van der Waals surface area contributed by atoms with Gasteiger partial charge >= 0.3 is 5.97 Å². The molecule has 0 aromatic heterocycles. The summed E-state index contributed by atoms with van der Waals surface area (Å²) >= 11 is 5.42. The summed E-state index contributed by atoms with van der Waals surface area (Å²) < 4.78 is 5.36. The van der Waals surface area contributed by atoms with Gasteiger partial charge in [0.2, 0.25) is 11.8 Å². The third kappa shape index (κ3) is 9.79. The van der Waals surface area contributed by atoms with Crippen LogP contribution in [0, 0.1) is 6.92 Å². The molecule has 7 nitrogen and oxygen atoms in total. The number of thiocarbonyl (C=S) groups is 1. The van der Waals surface area contributed by atoms with Crippen LogP contribution in [0.25, 0.3) is 0 Å². The molecule has 1 aliphatic rings. The summed E-state index contributed by atoms with van der Waals surface area (Å²) in [6, 6.07) is 6.87. The van der Waals surface area contributed by atoms with Crippen LogP contribution in [0.4, 0.5) is 0 Å². The van der Waals surface area contributed by atoms with Crippen LogP contribution in [0.5, 0.6) is 0 Å². The molecule has 2 amide bonds. The smallest absolute Gasteiger partial charge is 0.308 e. The number of piperazine rings is 1. The molecule has 2 rings (SSSR count). The normalized spacial score (nSPS) is 15.5. The zero-order chi connectivity index (χ0) is 24.8. The van der Waals surface area contributed by atoms with Crippen molar-refractivity contribution in [2.45, 2.75) is 84.1 Å². The SMILES string of the molecule is CCCCCCCCCCOC(=O)CC1C(=O)NCCN1C(=S)NC(=O)Cc1ccccc1C. The molecule has 2 N–H and O–H groups in total. The minimum absolute atomic E-state index is 0.101. The second kappa shape index (κ2) is 15.4. The number of unbranched alkanes of at least 4 members (excludes halogenated alkanes) is 7. The number of aryl methyl sites for hydroxylation is 1.